The molecule has 0 saturated carbocycles. The monoisotopic (exact) mass is 259 g/mol. The highest BCUT2D eigenvalue weighted by molar-refractivity contribution is 5.88. The molecular weight excluding hydrogens is 242 g/mol. The van der Waals surface area contributed by atoms with E-state index >= 15 is 0 Å². The fraction of sp³-hybridized carbons (Fsp3) is 0.400. The van der Waals surface area contributed by atoms with Gasteiger partial charge in [0.15, 0.2) is 0 Å². The number of nitrogens with zero attached hydrogens (tertiary/aromatic N) is 1. The molecule has 0 unspecified atom stereocenters. The van der Waals surface area contributed by atoms with Crippen LogP contribution in [0.25, 0.3) is 11.0 Å². The number of carbonyl (C=O) groups excluding carboxylic acids is 1. The summed E-state index contributed by atoms with van der Waals surface area (Å²) in [5, 5.41) is 10.5. The number of hydrogen-bond acceptors (Lipinski definition) is 3. The first-order chi connectivity index (χ1) is 9.13. The van der Waals surface area contributed by atoms with E-state index in [0.29, 0.717) is 25.9 Å². The fourth-order valence-corrected chi connectivity index (χ4v) is 2.57. The van der Waals surface area contributed by atoms with Crippen LogP contribution >= 0.6 is 0 Å². The molecule has 1 atom stereocenters. The molecule has 0 bridgehead atoms. The van der Waals surface area contributed by atoms with E-state index in [1.54, 1.807) is 11.2 Å². The first-order valence-corrected chi connectivity index (χ1v) is 6.56. The number of β-amino-alcohol motifs (C(OH)–C–C–N with tert-alkyl or cyclic N) is 1. The molecule has 1 saturated heterocycles. The van der Waals surface area contributed by atoms with E-state index in [0.717, 1.165) is 22.1 Å². The maximum Gasteiger partial charge on any atom is 0.227 e. The van der Waals surface area contributed by atoms with Gasteiger partial charge in [-0.3, -0.25) is 4.79 Å². The van der Waals surface area contributed by atoms with Gasteiger partial charge < -0.3 is 14.4 Å². The van der Waals surface area contributed by atoms with Crippen LogP contribution in [0.1, 0.15) is 17.5 Å². The topological polar surface area (TPSA) is 53.7 Å². The number of fused-ring (bicyclic) bond motifs is 1. The number of hydrogen-bond donors (Lipinski definition) is 1. The summed E-state index contributed by atoms with van der Waals surface area (Å²) in [6.45, 7) is 3.11. The number of rotatable bonds is 2. The van der Waals surface area contributed by atoms with Crippen molar-refractivity contribution in [1.29, 1.82) is 0 Å². The molecule has 2 heterocycles. The molecule has 100 valence electrons. The van der Waals surface area contributed by atoms with Crippen LogP contribution in [0.3, 0.4) is 0 Å². The minimum atomic E-state index is -0.368. The van der Waals surface area contributed by atoms with Crippen molar-refractivity contribution >= 4 is 16.9 Å². The normalized spacial score (nSPS) is 19.3. The summed E-state index contributed by atoms with van der Waals surface area (Å²) in [5.74, 6) is 0.0554. The maximum absolute atomic E-state index is 12.1. The van der Waals surface area contributed by atoms with Gasteiger partial charge >= 0.3 is 0 Å². The van der Waals surface area contributed by atoms with Gasteiger partial charge in [0.1, 0.15) is 5.58 Å². The Bertz CT molecular complexity index is 617. The zero-order chi connectivity index (χ0) is 13.4. The molecule has 1 aliphatic rings. The van der Waals surface area contributed by atoms with E-state index in [4.69, 9.17) is 4.42 Å². The Hall–Kier alpha value is -1.81. The number of amides is 1. The predicted molar refractivity (Wildman–Crippen MR) is 71.9 cm³/mol. The van der Waals surface area contributed by atoms with Crippen molar-refractivity contribution < 1.29 is 14.3 Å². The van der Waals surface area contributed by atoms with Crippen LogP contribution in [0, 0.1) is 6.92 Å². The van der Waals surface area contributed by atoms with Gasteiger partial charge in [0.2, 0.25) is 5.91 Å². The average Bonchev–Trinajstić information content (AvgIpc) is 2.96. The standard InChI is InChI=1S/C15H17NO3/c1-10-2-3-13-11(9-19-14(13)6-10)7-15(18)16-5-4-12(17)8-16/h2-3,6,9,12,17H,4-5,7-8H2,1H3/t12-/m0/s1. The largest absolute Gasteiger partial charge is 0.464 e. The number of aliphatic hydroxyl groups is 1. The molecule has 1 N–H and O–H groups in total. The van der Waals surface area contributed by atoms with E-state index < -0.39 is 0 Å². The van der Waals surface area contributed by atoms with Crippen LogP contribution < -0.4 is 0 Å². The lowest BCUT2D eigenvalue weighted by molar-refractivity contribution is -0.129. The third-order valence-electron chi connectivity index (χ3n) is 3.67. The van der Waals surface area contributed by atoms with E-state index in [2.05, 4.69) is 0 Å². The molecule has 3 rings (SSSR count). The smallest absolute Gasteiger partial charge is 0.227 e. The number of aliphatic hydroxyl groups excluding tert-OH is 1. The summed E-state index contributed by atoms with van der Waals surface area (Å²) in [6.07, 6.45) is 2.31. The van der Waals surface area contributed by atoms with Crippen LogP contribution in [-0.2, 0) is 11.2 Å². The van der Waals surface area contributed by atoms with Crippen molar-refractivity contribution in [2.24, 2.45) is 0 Å². The number of carbonyl (C=O) groups is 1. The Morgan fingerprint density at radius 1 is 1.53 bits per heavy atom. The van der Waals surface area contributed by atoms with Gasteiger partial charge in [-0.1, -0.05) is 12.1 Å². The molecule has 2 aromatic rings. The predicted octanol–water partition coefficient (Wildman–Crippen LogP) is 1.88. The van der Waals surface area contributed by atoms with Crippen LogP contribution in [-0.4, -0.2) is 35.1 Å². The Morgan fingerprint density at radius 3 is 3.11 bits per heavy atom. The average molecular weight is 259 g/mol. The molecule has 1 fully saturated rings. The lowest BCUT2D eigenvalue weighted by Crippen LogP contribution is -2.30. The zero-order valence-corrected chi connectivity index (χ0v) is 10.9. The molecule has 4 heteroatoms. The highest BCUT2D eigenvalue weighted by Gasteiger charge is 2.25. The van der Waals surface area contributed by atoms with Gasteiger partial charge in [-0.2, -0.15) is 0 Å². The quantitative estimate of drug-likeness (QED) is 0.896. The van der Waals surface area contributed by atoms with Crippen molar-refractivity contribution in [3.63, 3.8) is 0 Å². The first-order valence-electron chi connectivity index (χ1n) is 6.56. The Labute approximate surface area is 111 Å². The summed E-state index contributed by atoms with van der Waals surface area (Å²) >= 11 is 0. The highest BCUT2D eigenvalue weighted by Crippen LogP contribution is 2.23. The Balaban J connectivity index is 1.80. The van der Waals surface area contributed by atoms with Crippen molar-refractivity contribution in [3.8, 4) is 0 Å². The van der Waals surface area contributed by atoms with Gasteiger partial charge in [0, 0.05) is 24.0 Å². The highest BCUT2D eigenvalue weighted by atomic mass is 16.3. The number of likely N-dealkylation sites (tertiary alicyclic amines) is 1. The summed E-state index contributed by atoms with van der Waals surface area (Å²) < 4.78 is 5.49. The molecular formula is C15H17NO3. The van der Waals surface area contributed by atoms with Crippen molar-refractivity contribution in [2.45, 2.75) is 25.9 Å². The van der Waals surface area contributed by atoms with Crippen LogP contribution in [0.15, 0.2) is 28.9 Å². The first kappa shape index (κ1) is 12.2. The number of benzene rings is 1. The molecule has 1 aromatic heterocycles. The minimum absolute atomic E-state index is 0.0554. The summed E-state index contributed by atoms with van der Waals surface area (Å²) in [4.78, 5) is 13.9. The van der Waals surface area contributed by atoms with Crippen LogP contribution in [0.4, 0.5) is 0 Å². The lowest BCUT2D eigenvalue weighted by atomic mass is 10.1. The molecule has 4 nitrogen and oxygen atoms in total. The zero-order valence-electron chi connectivity index (χ0n) is 10.9. The lowest BCUT2D eigenvalue weighted by Gasteiger charge is -2.14. The fourth-order valence-electron chi connectivity index (χ4n) is 2.57. The molecule has 0 radical (unpaired) electrons. The van der Waals surface area contributed by atoms with Gasteiger partial charge in [-0.15, -0.1) is 0 Å². The van der Waals surface area contributed by atoms with Gasteiger partial charge in [0.05, 0.1) is 18.8 Å². The van der Waals surface area contributed by atoms with E-state index in [-0.39, 0.29) is 12.0 Å². The molecule has 19 heavy (non-hydrogen) atoms. The molecule has 1 aliphatic heterocycles. The van der Waals surface area contributed by atoms with Crippen molar-refractivity contribution in [2.75, 3.05) is 13.1 Å². The molecule has 1 amide bonds. The van der Waals surface area contributed by atoms with Crippen molar-refractivity contribution in [1.82, 2.24) is 4.90 Å². The SMILES string of the molecule is Cc1ccc2c(CC(=O)N3CC[C@H](O)C3)coc2c1. The summed E-state index contributed by atoms with van der Waals surface area (Å²) in [6, 6.07) is 5.99. The molecule has 1 aromatic carbocycles. The van der Waals surface area contributed by atoms with Crippen LogP contribution in [0.5, 0.6) is 0 Å². The van der Waals surface area contributed by atoms with Gasteiger partial charge in [-0.25, -0.2) is 0 Å². The van der Waals surface area contributed by atoms with Gasteiger partial charge in [-0.05, 0) is 25.0 Å². The summed E-state index contributed by atoms with van der Waals surface area (Å²) in [5.41, 5.74) is 2.88. The number of furan rings is 1. The van der Waals surface area contributed by atoms with E-state index in [1.807, 2.05) is 25.1 Å². The van der Waals surface area contributed by atoms with Crippen molar-refractivity contribution in [3.05, 3.63) is 35.6 Å². The van der Waals surface area contributed by atoms with Crippen LogP contribution in [0.2, 0.25) is 0 Å². The molecule has 0 spiro atoms. The third-order valence-corrected chi connectivity index (χ3v) is 3.67. The van der Waals surface area contributed by atoms with E-state index in [1.165, 1.54) is 0 Å². The van der Waals surface area contributed by atoms with E-state index in [9.17, 15) is 9.90 Å². The minimum Gasteiger partial charge on any atom is -0.464 e. The second kappa shape index (κ2) is 4.70. The molecule has 0 aliphatic carbocycles. The Kier molecular flexibility index (Phi) is 3.03. The third kappa shape index (κ3) is 2.36. The Morgan fingerprint density at radius 2 is 2.37 bits per heavy atom. The second-order valence-electron chi connectivity index (χ2n) is 5.22. The number of aryl methyl sites for hydroxylation is 1. The second-order valence-corrected chi connectivity index (χ2v) is 5.22. The summed E-state index contributed by atoms with van der Waals surface area (Å²) in [7, 11) is 0. The maximum atomic E-state index is 12.1. The van der Waals surface area contributed by atoms with Gasteiger partial charge in [0.25, 0.3) is 0 Å².